The third-order valence-electron chi connectivity index (χ3n) is 4.52. The van der Waals surface area contributed by atoms with E-state index in [4.69, 9.17) is 14.2 Å². The average Bonchev–Trinajstić information content (AvgIpc) is 2.80. The van der Waals surface area contributed by atoms with Crippen molar-refractivity contribution in [2.75, 3.05) is 12.0 Å². The molecule has 0 fully saturated rings. The van der Waals surface area contributed by atoms with Crippen molar-refractivity contribution in [3.63, 3.8) is 0 Å². The van der Waals surface area contributed by atoms with Crippen LogP contribution >= 0.6 is 0 Å². The van der Waals surface area contributed by atoms with Gasteiger partial charge < -0.3 is 19.1 Å². The van der Waals surface area contributed by atoms with Gasteiger partial charge in [0.2, 0.25) is 0 Å². The summed E-state index contributed by atoms with van der Waals surface area (Å²) in [6, 6.07) is 20.2. The first kappa shape index (κ1) is 22.4. The number of nitrogens with zero attached hydrogens (tertiary/aromatic N) is 1. The Morgan fingerprint density at radius 1 is 0.719 bits per heavy atom. The molecule has 6 heteroatoms. The van der Waals surface area contributed by atoms with Gasteiger partial charge in [0.1, 0.15) is 17.2 Å². The molecule has 32 heavy (non-hydrogen) atoms. The second kappa shape index (κ2) is 10.1. The fraction of sp³-hybridized carbons (Fsp3) is 0.0769. The van der Waals surface area contributed by atoms with E-state index in [2.05, 4.69) is 13.2 Å². The summed E-state index contributed by atoms with van der Waals surface area (Å²) in [4.78, 5) is 25.6. The summed E-state index contributed by atoms with van der Waals surface area (Å²) in [7, 11) is 1.60. The topological polar surface area (TPSA) is 65.1 Å². The Bertz CT molecular complexity index is 1090. The van der Waals surface area contributed by atoms with E-state index in [0.29, 0.717) is 11.4 Å². The molecule has 0 spiro atoms. The Kier molecular flexibility index (Phi) is 7.08. The van der Waals surface area contributed by atoms with Crippen LogP contribution in [0.1, 0.15) is 5.56 Å². The van der Waals surface area contributed by atoms with Crippen molar-refractivity contribution in [3.8, 4) is 17.2 Å². The molecular formula is C26H23NO5. The lowest BCUT2D eigenvalue weighted by molar-refractivity contribution is -0.129. The second-order valence-corrected chi connectivity index (χ2v) is 6.78. The summed E-state index contributed by atoms with van der Waals surface area (Å²) in [5, 5.41) is 0. The molecule has 0 aliphatic rings. The lowest BCUT2D eigenvalue weighted by Gasteiger charge is -2.26. The number of carbonyl (C=O) groups excluding carboxylic acids is 2. The van der Waals surface area contributed by atoms with Gasteiger partial charge in [0.25, 0.3) is 0 Å². The quantitative estimate of drug-likeness (QED) is 0.262. The first-order chi connectivity index (χ1) is 15.4. The fourth-order valence-corrected chi connectivity index (χ4v) is 2.99. The molecule has 0 aliphatic heterocycles. The van der Waals surface area contributed by atoms with Crippen molar-refractivity contribution >= 4 is 29.0 Å². The van der Waals surface area contributed by atoms with Crippen molar-refractivity contribution in [3.05, 3.63) is 97.6 Å². The molecule has 3 rings (SSSR count). The summed E-state index contributed by atoms with van der Waals surface area (Å²) in [6.07, 6.45) is 2.12. The van der Waals surface area contributed by atoms with E-state index in [1.807, 2.05) is 60.4 Å². The maximum absolute atomic E-state index is 11.8. The molecule has 0 saturated heterocycles. The van der Waals surface area contributed by atoms with E-state index >= 15 is 0 Å². The van der Waals surface area contributed by atoms with Crippen LogP contribution in [-0.2, 0) is 9.59 Å². The van der Waals surface area contributed by atoms with E-state index in [-0.39, 0.29) is 11.5 Å². The van der Waals surface area contributed by atoms with Crippen molar-refractivity contribution in [2.24, 2.45) is 0 Å². The van der Waals surface area contributed by atoms with Gasteiger partial charge in [0, 0.05) is 41.7 Å². The van der Waals surface area contributed by atoms with Crippen molar-refractivity contribution in [1.82, 2.24) is 0 Å². The van der Waals surface area contributed by atoms with E-state index in [0.717, 1.165) is 29.1 Å². The molecule has 0 atom stereocenters. The number of hydrogen-bond acceptors (Lipinski definition) is 6. The van der Waals surface area contributed by atoms with Crippen LogP contribution < -0.4 is 19.1 Å². The highest BCUT2D eigenvalue weighted by atomic mass is 16.5. The number of rotatable bonds is 8. The van der Waals surface area contributed by atoms with Crippen LogP contribution in [-0.4, -0.2) is 19.0 Å². The first-order valence-electron chi connectivity index (χ1n) is 9.78. The predicted molar refractivity (Wildman–Crippen MR) is 124 cm³/mol. The summed E-state index contributed by atoms with van der Waals surface area (Å²) >= 11 is 0. The largest absolute Gasteiger partial charge is 0.497 e. The smallest absolute Gasteiger partial charge is 0.335 e. The molecule has 3 aromatic carbocycles. The zero-order valence-electron chi connectivity index (χ0n) is 17.9. The number of hydrogen-bond donors (Lipinski definition) is 0. The number of carbonyl (C=O) groups is 2. The van der Waals surface area contributed by atoms with Gasteiger partial charge >= 0.3 is 11.9 Å². The Labute approximate surface area is 187 Å². The molecule has 0 amide bonds. The highest BCUT2D eigenvalue weighted by Gasteiger charge is 2.17. The lowest BCUT2D eigenvalue weighted by atomic mass is 10.1. The molecule has 0 heterocycles. The first-order valence-corrected chi connectivity index (χ1v) is 9.78. The van der Waals surface area contributed by atoms with Gasteiger partial charge in [-0.15, -0.1) is 0 Å². The normalized spacial score (nSPS) is 10.1. The summed E-state index contributed by atoms with van der Waals surface area (Å²) in [5.41, 5.74) is 3.40. The lowest BCUT2D eigenvalue weighted by Crippen LogP contribution is -2.12. The molecule has 6 nitrogen and oxygen atoms in total. The van der Waals surface area contributed by atoms with Gasteiger partial charge in [0.15, 0.2) is 0 Å². The number of ether oxygens (including phenoxy) is 3. The molecule has 0 N–H and O–H groups in total. The monoisotopic (exact) mass is 429 g/mol. The standard InChI is InChI=1S/C26H23NO5/c1-5-25(28)31-23-15-21(16-24(17-23)32-26(29)6-2)27(19-9-7-18(3)8-10-19)20-11-13-22(30-4)14-12-20/h5-17H,1-2H2,3-4H3. The number of aryl methyl sites for hydroxylation is 1. The third-order valence-corrected chi connectivity index (χ3v) is 4.52. The predicted octanol–water partition coefficient (Wildman–Crippen LogP) is 5.66. The van der Waals surface area contributed by atoms with Crippen LogP contribution in [0.5, 0.6) is 17.2 Å². The maximum atomic E-state index is 11.8. The van der Waals surface area contributed by atoms with Crippen LogP contribution in [0.4, 0.5) is 17.1 Å². The minimum absolute atomic E-state index is 0.199. The SMILES string of the molecule is C=CC(=O)Oc1cc(OC(=O)C=C)cc(N(c2ccc(C)cc2)c2ccc(OC)cc2)c1. The number of anilines is 3. The Hall–Kier alpha value is -4.32. The second-order valence-electron chi connectivity index (χ2n) is 6.78. The van der Waals surface area contributed by atoms with Gasteiger partial charge in [-0.1, -0.05) is 30.9 Å². The third kappa shape index (κ3) is 5.43. The highest BCUT2D eigenvalue weighted by molar-refractivity contribution is 5.86. The maximum Gasteiger partial charge on any atom is 0.335 e. The Morgan fingerprint density at radius 2 is 1.19 bits per heavy atom. The minimum atomic E-state index is -0.630. The summed E-state index contributed by atoms with van der Waals surface area (Å²) in [5.74, 6) is -0.148. The molecule has 0 saturated carbocycles. The van der Waals surface area contributed by atoms with Crippen LogP contribution in [0.15, 0.2) is 92.0 Å². The number of esters is 2. The zero-order chi connectivity index (χ0) is 23.1. The minimum Gasteiger partial charge on any atom is -0.497 e. The Morgan fingerprint density at radius 3 is 1.62 bits per heavy atom. The summed E-state index contributed by atoms with van der Waals surface area (Å²) in [6.45, 7) is 8.85. The molecule has 0 radical (unpaired) electrons. The molecule has 0 aliphatic carbocycles. The summed E-state index contributed by atoms with van der Waals surface area (Å²) < 4.78 is 15.9. The van der Waals surface area contributed by atoms with Gasteiger partial charge in [0.05, 0.1) is 12.8 Å². The zero-order valence-corrected chi connectivity index (χ0v) is 17.9. The average molecular weight is 429 g/mol. The highest BCUT2D eigenvalue weighted by Crippen LogP contribution is 2.39. The van der Waals surface area contributed by atoms with Gasteiger partial charge in [-0.25, -0.2) is 9.59 Å². The van der Waals surface area contributed by atoms with Gasteiger partial charge in [-0.05, 0) is 43.3 Å². The van der Waals surface area contributed by atoms with E-state index < -0.39 is 11.9 Å². The van der Waals surface area contributed by atoms with Crippen LogP contribution in [0.2, 0.25) is 0 Å². The van der Waals surface area contributed by atoms with Crippen LogP contribution in [0, 0.1) is 6.92 Å². The van der Waals surface area contributed by atoms with Crippen molar-refractivity contribution in [1.29, 1.82) is 0 Å². The van der Waals surface area contributed by atoms with Crippen molar-refractivity contribution < 1.29 is 23.8 Å². The molecule has 0 aromatic heterocycles. The number of methoxy groups -OCH3 is 1. The molecule has 162 valence electrons. The van der Waals surface area contributed by atoms with Crippen LogP contribution in [0.3, 0.4) is 0 Å². The molecule has 0 bridgehead atoms. The van der Waals surface area contributed by atoms with Gasteiger partial charge in [-0.2, -0.15) is 0 Å². The Balaban J connectivity index is 2.17. The van der Waals surface area contributed by atoms with E-state index in [1.165, 1.54) is 6.07 Å². The fourth-order valence-electron chi connectivity index (χ4n) is 2.99. The van der Waals surface area contributed by atoms with E-state index in [1.54, 1.807) is 19.2 Å². The van der Waals surface area contributed by atoms with Crippen molar-refractivity contribution in [2.45, 2.75) is 6.92 Å². The number of benzene rings is 3. The molecular weight excluding hydrogens is 406 g/mol. The molecule has 0 unspecified atom stereocenters. The van der Waals surface area contributed by atoms with E-state index in [9.17, 15) is 9.59 Å². The van der Waals surface area contributed by atoms with Gasteiger partial charge in [-0.3, -0.25) is 0 Å². The molecule has 3 aromatic rings. The van der Waals surface area contributed by atoms with Crippen LogP contribution in [0.25, 0.3) is 0 Å².